The van der Waals surface area contributed by atoms with Gasteiger partial charge in [0.1, 0.15) is 0 Å². The Kier molecular flexibility index (Phi) is 3.10. The molecule has 0 saturated carbocycles. The van der Waals surface area contributed by atoms with Crippen molar-refractivity contribution in [2.75, 3.05) is 19.7 Å². The van der Waals surface area contributed by atoms with Gasteiger partial charge in [-0.05, 0) is 25.2 Å². The van der Waals surface area contributed by atoms with Gasteiger partial charge in [0.15, 0.2) is 0 Å². The zero-order chi connectivity index (χ0) is 12.7. The van der Waals surface area contributed by atoms with Gasteiger partial charge in [-0.3, -0.25) is 4.90 Å². The molecule has 17 heavy (non-hydrogen) atoms. The van der Waals surface area contributed by atoms with Crippen LogP contribution in [0, 0.1) is 5.41 Å². The summed E-state index contributed by atoms with van der Waals surface area (Å²) in [5, 5.41) is 3.47. The first kappa shape index (κ1) is 12.7. The molecule has 0 aromatic heterocycles. The van der Waals surface area contributed by atoms with E-state index >= 15 is 0 Å². The summed E-state index contributed by atoms with van der Waals surface area (Å²) in [7, 11) is 0. The first-order valence-corrected chi connectivity index (χ1v) is 6.59. The largest absolute Gasteiger partial charge is 0.450 e. The van der Waals surface area contributed by atoms with Crippen molar-refractivity contribution >= 4 is 6.09 Å². The molecule has 98 valence electrons. The maximum absolute atomic E-state index is 12.2. The highest BCUT2D eigenvalue weighted by Gasteiger charge is 2.57. The molecule has 0 radical (unpaired) electrons. The van der Waals surface area contributed by atoms with Crippen LogP contribution >= 0.6 is 0 Å². The van der Waals surface area contributed by atoms with Crippen LogP contribution in [0.5, 0.6) is 0 Å². The van der Waals surface area contributed by atoms with E-state index in [1.807, 2.05) is 11.8 Å². The van der Waals surface area contributed by atoms with E-state index in [1.165, 1.54) is 0 Å². The van der Waals surface area contributed by atoms with Gasteiger partial charge >= 0.3 is 6.09 Å². The number of amides is 1. The normalized spacial score (nSPS) is 32.7. The monoisotopic (exact) mass is 240 g/mol. The number of ether oxygens (including phenoxy) is 1. The average Bonchev–Trinajstić information content (AvgIpc) is 2.46. The minimum Gasteiger partial charge on any atom is -0.450 e. The minimum absolute atomic E-state index is 0.0714. The highest BCUT2D eigenvalue weighted by molar-refractivity contribution is 5.70. The number of hydrogen-bond acceptors (Lipinski definition) is 3. The van der Waals surface area contributed by atoms with E-state index in [4.69, 9.17) is 4.74 Å². The fourth-order valence-corrected chi connectivity index (χ4v) is 3.34. The SMILES string of the molecule is CCOC(=O)N1C2CCC1(C(C)(C)C)CNC2. The van der Waals surface area contributed by atoms with E-state index in [-0.39, 0.29) is 17.0 Å². The minimum atomic E-state index is -0.133. The van der Waals surface area contributed by atoms with Gasteiger partial charge in [0.2, 0.25) is 0 Å². The standard InChI is InChI=1S/C13H24N2O2/c1-5-17-11(16)15-10-6-7-13(15,9-14-8-10)12(2,3)4/h10,14H,5-9H2,1-4H3. The first-order chi connectivity index (χ1) is 7.92. The van der Waals surface area contributed by atoms with Crippen molar-refractivity contribution in [2.24, 2.45) is 5.41 Å². The summed E-state index contributed by atoms with van der Waals surface area (Å²) in [5.41, 5.74) is -0.00982. The predicted molar refractivity (Wildman–Crippen MR) is 66.9 cm³/mol. The molecule has 2 heterocycles. The van der Waals surface area contributed by atoms with Crippen LogP contribution in [0.1, 0.15) is 40.5 Å². The summed E-state index contributed by atoms with van der Waals surface area (Å²) >= 11 is 0. The molecule has 1 N–H and O–H groups in total. The highest BCUT2D eigenvalue weighted by Crippen LogP contribution is 2.47. The number of carbonyl (C=O) groups excluding carboxylic acids is 1. The van der Waals surface area contributed by atoms with Crippen molar-refractivity contribution in [3.63, 3.8) is 0 Å². The van der Waals surface area contributed by atoms with Crippen molar-refractivity contribution in [3.8, 4) is 0 Å². The van der Waals surface area contributed by atoms with Gasteiger partial charge in [0.05, 0.1) is 12.1 Å². The quantitative estimate of drug-likeness (QED) is 0.762. The van der Waals surface area contributed by atoms with Crippen molar-refractivity contribution in [3.05, 3.63) is 0 Å². The molecule has 2 unspecified atom stereocenters. The maximum atomic E-state index is 12.2. The molecule has 1 amide bonds. The van der Waals surface area contributed by atoms with Crippen LogP contribution in [0.15, 0.2) is 0 Å². The van der Waals surface area contributed by atoms with Crippen LogP contribution in [-0.2, 0) is 4.74 Å². The third-order valence-electron chi connectivity index (χ3n) is 4.38. The van der Waals surface area contributed by atoms with E-state index in [0.717, 1.165) is 25.9 Å². The number of nitrogens with zero attached hydrogens (tertiary/aromatic N) is 1. The molecule has 4 heteroatoms. The Morgan fingerprint density at radius 1 is 1.53 bits per heavy atom. The Hall–Kier alpha value is -0.770. The smallest absolute Gasteiger partial charge is 0.410 e. The number of rotatable bonds is 1. The summed E-state index contributed by atoms with van der Waals surface area (Å²) in [5.74, 6) is 0. The highest BCUT2D eigenvalue weighted by atomic mass is 16.6. The zero-order valence-corrected chi connectivity index (χ0v) is 11.4. The summed E-state index contributed by atoms with van der Waals surface area (Å²) in [6.45, 7) is 10.8. The number of carbonyl (C=O) groups is 1. The fourth-order valence-electron chi connectivity index (χ4n) is 3.34. The lowest BCUT2D eigenvalue weighted by Gasteiger charge is -2.51. The molecule has 0 aromatic rings. The number of nitrogens with one attached hydrogen (secondary N) is 1. The molecule has 0 aromatic carbocycles. The molecule has 2 atom stereocenters. The van der Waals surface area contributed by atoms with Gasteiger partial charge in [-0.15, -0.1) is 0 Å². The van der Waals surface area contributed by atoms with Gasteiger partial charge < -0.3 is 10.1 Å². The van der Waals surface area contributed by atoms with E-state index in [2.05, 4.69) is 26.1 Å². The lowest BCUT2D eigenvalue weighted by Crippen LogP contribution is -2.67. The van der Waals surface area contributed by atoms with Gasteiger partial charge in [0, 0.05) is 19.1 Å². The topological polar surface area (TPSA) is 41.6 Å². The van der Waals surface area contributed by atoms with Crippen LogP contribution in [0.25, 0.3) is 0 Å². The average molecular weight is 240 g/mol. The molecule has 2 rings (SSSR count). The van der Waals surface area contributed by atoms with E-state index in [1.54, 1.807) is 0 Å². The summed E-state index contributed by atoms with van der Waals surface area (Å²) in [6.07, 6.45) is 2.03. The summed E-state index contributed by atoms with van der Waals surface area (Å²) in [6, 6.07) is 0.307. The summed E-state index contributed by atoms with van der Waals surface area (Å²) < 4.78 is 5.24. The summed E-state index contributed by atoms with van der Waals surface area (Å²) in [4.78, 5) is 14.2. The second kappa shape index (κ2) is 4.16. The predicted octanol–water partition coefficient (Wildman–Crippen LogP) is 2.00. The van der Waals surface area contributed by atoms with Crippen molar-refractivity contribution < 1.29 is 9.53 Å². The van der Waals surface area contributed by atoms with Gasteiger partial charge in [-0.25, -0.2) is 4.79 Å². The molecule has 0 spiro atoms. The van der Waals surface area contributed by atoms with Crippen LogP contribution in [-0.4, -0.2) is 42.3 Å². The molecule has 4 nitrogen and oxygen atoms in total. The first-order valence-electron chi connectivity index (χ1n) is 6.59. The number of piperazine rings is 1. The fraction of sp³-hybridized carbons (Fsp3) is 0.923. The lowest BCUT2D eigenvalue weighted by molar-refractivity contribution is -0.0140. The Balaban J connectivity index is 2.31. The Bertz CT molecular complexity index is 307. The second-order valence-electron chi connectivity index (χ2n) is 6.17. The molecule has 2 aliphatic rings. The third-order valence-corrected chi connectivity index (χ3v) is 4.38. The van der Waals surface area contributed by atoms with Crippen molar-refractivity contribution in [2.45, 2.75) is 52.1 Å². The van der Waals surface area contributed by atoms with Gasteiger partial charge in [0.25, 0.3) is 0 Å². The molecule has 2 bridgehead atoms. The Labute approximate surface area is 104 Å². The third kappa shape index (κ3) is 1.82. The Morgan fingerprint density at radius 2 is 2.24 bits per heavy atom. The molecule has 2 fully saturated rings. The number of hydrogen-bond donors (Lipinski definition) is 1. The van der Waals surface area contributed by atoms with Crippen LogP contribution < -0.4 is 5.32 Å². The van der Waals surface area contributed by atoms with Crippen LogP contribution in [0.2, 0.25) is 0 Å². The van der Waals surface area contributed by atoms with Gasteiger partial charge in [-0.1, -0.05) is 20.8 Å². The molecular formula is C13H24N2O2. The maximum Gasteiger partial charge on any atom is 0.410 e. The zero-order valence-electron chi connectivity index (χ0n) is 11.4. The van der Waals surface area contributed by atoms with E-state index < -0.39 is 0 Å². The van der Waals surface area contributed by atoms with Gasteiger partial charge in [-0.2, -0.15) is 0 Å². The second-order valence-corrected chi connectivity index (χ2v) is 6.17. The van der Waals surface area contributed by atoms with Crippen molar-refractivity contribution in [1.82, 2.24) is 10.2 Å². The number of fused-ring (bicyclic) bond motifs is 2. The molecule has 0 aliphatic carbocycles. The Morgan fingerprint density at radius 3 is 2.82 bits per heavy atom. The van der Waals surface area contributed by atoms with E-state index in [9.17, 15) is 4.79 Å². The van der Waals surface area contributed by atoms with Crippen molar-refractivity contribution in [1.29, 1.82) is 0 Å². The molecular weight excluding hydrogens is 216 g/mol. The lowest BCUT2D eigenvalue weighted by atomic mass is 9.71. The molecule has 2 saturated heterocycles. The molecule has 2 aliphatic heterocycles. The van der Waals surface area contributed by atoms with Crippen LogP contribution in [0.4, 0.5) is 4.79 Å². The van der Waals surface area contributed by atoms with E-state index in [0.29, 0.717) is 12.6 Å². The van der Waals surface area contributed by atoms with Crippen LogP contribution in [0.3, 0.4) is 0 Å².